The first-order valence-corrected chi connectivity index (χ1v) is 14.1. The maximum absolute atomic E-state index is 13.6. The van der Waals surface area contributed by atoms with Gasteiger partial charge >= 0.3 is 18.4 Å². The molecule has 4 aromatic rings. The molecule has 2 amide bonds. The second kappa shape index (κ2) is 12.0. The van der Waals surface area contributed by atoms with Gasteiger partial charge in [-0.2, -0.15) is 26.3 Å². The molecule has 44 heavy (non-hydrogen) atoms. The van der Waals surface area contributed by atoms with Crippen molar-refractivity contribution in [2.45, 2.75) is 44.3 Å². The van der Waals surface area contributed by atoms with Crippen LogP contribution in [0.15, 0.2) is 97.1 Å². The second-order valence-corrected chi connectivity index (χ2v) is 10.8. The number of hydrogen-bond acceptors (Lipinski definition) is 2. The molecule has 0 saturated carbocycles. The summed E-state index contributed by atoms with van der Waals surface area (Å²) in [6.07, 6.45) is -10.3. The number of aryl methyl sites for hydroxylation is 1. The van der Waals surface area contributed by atoms with E-state index in [0.717, 1.165) is 23.1 Å². The molecule has 1 saturated heterocycles. The number of halogens is 6. The third-order valence-corrected chi connectivity index (χ3v) is 7.89. The van der Waals surface area contributed by atoms with Gasteiger partial charge in [-0.3, -0.25) is 4.90 Å². The van der Waals surface area contributed by atoms with Crippen LogP contribution in [0, 0.1) is 0 Å². The van der Waals surface area contributed by atoms with Gasteiger partial charge in [0.15, 0.2) is 0 Å². The molecule has 0 aliphatic carbocycles. The van der Waals surface area contributed by atoms with E-state index in [0.29, 0.717) is 23.4 Å². The van der Waals surface area contributed by atoms with Crippen molar-refractivity contribution in [1.29, 1.82) is 0 Å². The van der Waals surface area contributed by atoms with Crippen molar-refractivity contribution in [2.24, 2.45) is 0 Å². The topological polar surface area (TPSA) is 41.6 Å². The smallest absolute Gasteiger partial charge is 0.371 e. The quantitative estimate of drug-likeness (QED) is 0.202. The van der Waals surface area contributed by atoms with Crippen LogP contribution in [0.5, 0.6) is 0 Å². The lowest BCUT2D eigenvalue weighted by atomic mass is 9.90. The van der Waals surface area contributed by atoms with E-state index in [9.17, 15) is 31.1 Å². The molecule has 2 atom stereocenters. The predicted octanol–water partition coefficient (Wildman–Crippen LogP) is 9.16. The van der Waals surface area contributed by atoms with E-state index >= 15 is 0 Å². The van der Waals surface area contributed by atoms with Gasteiger partial charge in [0.05, 0.1) is 36.1 Å². The first-order chi connectivity index (χ1) is 20.8. The van der Waals surface area contributed by atoms with Gasteiger partial charge in [-0.1, -0.05) is 79.7 Å². The number of benzene rings is 4. The minimum absolute atomic E-state index is 0.0882. The van der Waals surface area contributed by atoms with Gasteiger partial charge in [0.2, 0.25) is 0 Å². The lowest BCUT2D eigenvalue weighted by Crippen LogP contribution is -2.45. The number of ether oxygens (including phenoxy) is 1. The van der Waals surface area contributed by atoms with Crippen LogP contribution in [0.4, 0.5) is 36.8 Å². The second-order valence-electron chi connectivity index (χ2n) is 10.8. The molecule has 1 fully saturated rings. The van der Waals surface area contributed by atoms with Gasteiger partial charge < -0.3 is 10.1 Å². The number of amides is 2. The molecule has 230 valence electrons. The van der Waals surface area contributed by atoms with E-state index in [1.54, 1.807) is 35.2 Å². The normalized spacial score (nSPS) is 17.9. The van der Waals surface area contributed by atoms with E-state index in [1.165, 1.54) is 6.92 Å². The minimum atomic E-state index is -4.98. The molecule has 0 spiro atoms. The van der Waals surface area contributed by atoms with Crippen LogP contribution in [0.2, 0.25) is 0 Å². The summed E-state index contributed by atoms with van der Waals surface area (Å²) in [5.41, 5.74) is -0.00661. The van der Waals surface area contributed by atoms with Crippen molar-refractivity contribution < 1.29 is 35.9 Å². The van der Waals surface area contributed by atoms with Gasteiger partial charge in [0.1, 0.15) is 5.54 Å². The number of urea groups is 1. The number of alkyl halides is 6. The summed E-state index contributed by atoms with van der Waals surface area (Å²) in [5.74, 6) is 0. The number of para-hydroxylation sites is 1. The third kappa shape index (κ3) is 6.31. The summed E-state index contributed by atoms with van der Waals surface area (Å²) in [7, 11) is 0. The summed E-state index contributed by atoms with van der Waals surface area (Å²) in [5, 5.41) is 3.02. The Morgan fingerprint density at radius 2 is 1.39 bits per heavy atom. The molecule has 4 nitrogen and oxygen atoms in total. The molecule has 0 unspecified atom stereocenters. The van der Waals surface area contributed by atoms with E-state index in [1.807, 2.05) is 55.5 Å². The number of nitrogens with zero attached hydrogens (tertiary/aromatic N) is 1. The van der Waals surface area contributed by atoms with Crippen molar-refractivity contribution in [2.75, 3.05) is 18.1 Å². The number of rotatable bonds is 8. The maximum atomic E-state index is 13.6. The van der Waals surface area contributed by atoms with Crippen LogP contribution in [0.25, 0.3) is 11.1 Å². The molecule has 10 heteroatoms. The summed E-state index contributed by atoms with van der Waals surface area (Å²) >= 11 is 0. The SMILES string of the molecule is CCc1ccccc1-c1ccccc1N1C[C@@](CO[C@H](C)c2cc(C(F)(F)F)cc(C(F)(F)F)c2)(c2ccccc2)NC1=O. The zero-order valence-corrected chi connectivity index (χ0v) is 24.0. The lowest BCUT2D eigenvalue weighted by molar-refractivity contribution is -0.143. The highest BCUT2D eigenvalue weighted by Gasteiger charge is 2.46. The van der Waals surface area contributed by atoms with E-state index in [4.69, 9.17) is 4.74 Å². The van der Waals surface area contributed by atoms with Crippen LogP contribution in [0.1, 0.15) is 47.8 Å². The molecule has 1 aliphatic heterocycles. The van der Waals surface area contributed by atoms with Gasteiger partial charge in [0.25, 0.3) is 0 Å². The number of anilines is 1. The number of carbonyl (C=O) groups is 1. The van der Waals surface area contributed by atoms with Crippen LogP contribution >= 0.6 is 0 Å². The Morgan fingerprint density at radius 3 is 2.00 bits per heavy atom. The summed E-state index contributed by atoms with van der Waals surface area (Å²) < 4.78 is 87.0. The molecule has 1 N–H and O–H groups in total. The Morgan fingerprint density at radius 1 is 0.818 bits per heavy atom. The molecular weight excluding hydrogens is 582 g/mol. The van der Waals surface area contributed by atoms with Crippen LogP contribution in [0.3, 0.4) is 0 Å². The molecule has 0 aromatic heterocycles. The van der Waals surface area contributed by atoms with E-state index < -0.39 is 41.2 Å². The number of hydrogen-bond donors (Lipinski definition) is 1. The highest BCUT2D eigenvalue weighted by atomic mass is 19.4. The fourth-order valence-corrected chi connectivity index (χ4v) is 5.54. The van der Waals surface area contributed by atoms with Gasteiger partial charge in [-0.25, -0.2) is 4.79 Å². The van der Waals surface area contributed by atoms with Crippen LogP contribution in [-0.2, 0) is 29.0 Å². The predicted molar refractivity (Wildman–Crippen MR) is 156 cm³/mol. The third-order valence-electron chi connectivity index (χ3n) is 7.89. The van der Waals surface area contributed by atoms with Crippen LogP contribution < -0.4 is 10.2 Å². The fraction of sp³-hybridized carbons (Fsp3) is 0.265. The highest BCUT2D eigenvalue weighted by molar-refractivity contribution is 6.00. The maximum Gasteiger partial charge on any atom is 0.416 e. The van der Waals surface area contributed by atoms with Crippen molar-refractivity contribution in [1.82, 2.24) is 5.32 Å². The highest BCUT2D eigenvalue weighted by Crippen LogP contribution is 2.40. The molecule has 1 aliphatic rings. The number of nitrogens with one attached hydrogen (secondary N) is 1. The largest absolute Gasteiger partial charge is 0.416 e. The van der Waals surface area contributed by atoms with Crippen molar-refractivity contribution in [3.8, 4) is 11.1 Å². The standard InChI is InChI=1S/C34H30F6N2O2/c1-3-23-11-7-8-14-28(23)29-15-9-10-16-30(29)42-20-32(41-31(42)43,25-12-5-4-6-13-25)21-44-22(2)24-17-26(33(35,36)37)19-27(18-24)34(38,39)40/h4-19,22H,3,20-21H2,1-2H3,(H,41,43)/t22-,32-/m1/s1. The van der Waals surface area contributed by atoms with Crippen molar-refractivity contribution in [3.05, 3.63) is 125 Å². The van der Waals surface area contributed by atoms with E-state index in [2.05, 4.69) is 5.32 Å². The summed E-state index contributed by atoms with van der Waals surface area (Å²) in [4.78, 5) is 15.2. The first kappa shape index (κ1) is 31.1. The van der Waals surface area contributed by atoms with Gasteiger partial charge in [-0.15, -0.1) is 0 Å². The summed E-state index contributed by atoms with van der Waals surface area (Å²) in [6.45, 7) is 3.32. The Hall–Kier alpha value is -4.31. The van der Waals surface area contributed by atoms with Crippen LogP contribution in [-0.4, -0.2) is 19.2 Å². The average molecular weight is 613 g/mol. The van der Waals surface area contributed by atoms with Gasteiger partial charge in [-0.05, 0) is 59.9 Å². The lowest BCUT2D eigenvalue weighted by Gasteiger charge is -2.31. The molecule has 1 heterocycles. The fourth-order valence-electron chi connectivity index (χ4n) is 5.54. The average Bonchev–Trinajstić information content (AvgIpc) is 3.36. The zero-order chi connectivity index (χ0) is 31.7. The Labute approximate surface area is 251 Å². The Balaban J connectivity index is 1.50. The zero-order valence-electron chi connectivity index (χ0n) is 24.0. The van der Waals surface area contributed by atoms with E-state index in [-0.39, 0.29) is 24.8 Å². The minimum Gasteiger partial charge on any atom is -0.371 e. The van der Waals surface area contributed by atoms with Gasteiger partial charge in [0, 0.05) is 5.56 Å². The first-order valence-electron chi connectivity index (χ1n) is 14.1. The Bertz CT molecular complexity index is 1600. The molecular formula is C34H30F6N2O2. The monoisotopic (exact) mass is 612 g/mol. The molecule has 0 radical (unpaired) electrons. The summed E-state index contributed by atoms with van der Waals surface area (Å²) in [6, 6.07) is 25.3. The molecule has 5 rings (SSSR count). The molecule has 4 aromatic carbocycles. The van der Waals surface area contributed by atoms with Crippen molar-refractivity contribution >= 4 is 11.7 Å². The number of carbonyl (C=O) groups excluding carboxylic acids is 1. The van der Waals surface area contributed by atoms with Crippen molar-refractivity contribution in [3.63, 3.8) is 0 Å². The molecule has 0 bridgehead atoms. The Kier molecular flexibility index (Phi) is 8.49.